The second-order valence-corrected chi connectivity index (χ2v) is 14.6. The zero-order valence-electron chi connectivity index (χ0n) is 33.8. The summed E-state index contributed by atoms with van der Waals surface area (Å²) in [6.45, 7) is 3.34. The van der Waals surface area contributed by atoms with Gasteiger partial charge in [-0.1, -0.05) is 145 Å². The molecule has 0 aliphatic heterocycles. The predicted octanol–water partition coefficient (Wildman–Crippen LogP) is 10.6. The molecule has 0 aliphatic carbocycles. The summed E-state index contributed by atoms with van der Waals surface area (Å²) in [7, 11) is 0. The number of benzene rings is 6. The molecule has 2 aromatic heterocycles. The normalized spacial score (nSPS) is 10.6. The van der Waals surface area contributed by atoms with Crippen LogP contribution < -0.4 is 21.8 Å². The molecule has 0 amide bonds. The molecular formula is C50H40ClFN6O4. The van der Waals surface area contributed by atoms with Gasteiger partial charge < -0.3 is 10.6 Å². The molecule has 10 nitrogen and oxygen atoms in total. The second-order valence-electron chi connectivity index (χ2n) is 14.2. The van der Waals surface area contributed by atoms with E-state index >= 15 is 0 Å². The smallest absolute Gasteiger partial charge is 0.291 e. The number of nitrogens with one attached hydrogen (secondary N) is 2. The number of Topliss-reactive ketones (excluding diaryl/α,β-unsaturated/α-hetero) is 2. The lowest BCUT2D eigenvalue weighted by Crippen LogP contribution is -2.29. The molecular weight excluding hydrogens is 803 g/mol. The highest BCUT2D eigenvalue weighted by Gasteiger charge is 2.24. The van der Waals surface area contributed by atoms with Crippen LogP contribution in [0.3, 0.4) is 0 Å². The van der Waals surface area contributed by atoms with E-state index in [0.29, 0.717) is 33.3 Å². The molecule has 0 bridgehead atoms. The van der Waals surface area contributed by atoms with Gasteiger partial charge in [-0.25, -0.2) is 13.8 Å². The van der Waals surface area contributed by atoms with Gasteiger partial charge in [-0.3, -0.25) is 19.2 Å². The minimum Gasteiger partial charge on any atom is -0.350 e. The average Bonchev–Trinajstić information content (AvgIpc) is 3.27. The summed E-state index contributed by atoms with van der Waals surface area (Å²) < 4.78 is 16.4. The van der Waals surface area contributed by atoms with Crippen molar-refractivity contribution in [3.63, 3.8) is 0 Å². The number of carbonyl (C=O) groups is 2. The van der Waals surface area contributed by atoms with Crippen molar-refractivity contribution >= 4 is 45.9 Å². The van der Waals surface area contributed by atoms with Gasteiger partial charge in [0.25, 0.3) is 11.1 Å². The molecule has 0 spiro atoms. The van der Waals surface area contributed by atoms with Crippen LogP contribution in [-0.2, 0) is 13.1 Å². The van der Waals surface area contributed by atoms with Gasteiger partial charge in [-0.2, -0.15) is 10.2 Å². The van der Waals surface area contributed by atoms with E-state index in [1.165, 1.54) is 41.4 Å². The lowest BCUT2D eigenvalue weighted by molar-refractivity contribution is 0.101. The minimum atomic E-state index is -0.460. The van der Waals surface area contributed by atoms with Crippen LogP contribution in [0.4, 0.5) is 27.1 Å². The third kappa shape index (κ3) is 10.2. The van der Waals surface area contributed by atoms with Crippen molar-refractivity contribution in [2.24, 2.45) is 0 Å². The van der Waals surface area contributed by atoms with E-state index in [1.54, 1.807) is 30.3 Å². The molecule has 0 saturated heterocycles. The highest BCUT2D eigenvalue weighted by molar-refractivity contribution is 6.30. The van der Waals surface area contributed by atoms with Crippen LogP contribution in [0.1, 0.15) is 45.7 Å². The van der Waals surface area contributed by atoms with Gasteiger partial charge >= 0.3 is 0 Å². The van der Waals surface area contributed by atoms with E-state index in [0.717, 1.165) is 16.7 Å². The first-order valence-corrected chi connectivity index (χ1v) is 20.0. The Balaban J connectivity index is 0.000000186. The summed E-state index contributed by atoms with van der Waals surface area (Å²) in [6, 6.07) is 50.4. The van der Waals surface area contributed by atoms with E-state index in [-0.39, 0.29) is 52.7 Å². The number of nitrogens with zero attached hydrogens (tertiary/aromatic N) is 4. The van der Waals surface area contributed by atoms with Gasteiger partial charge in [0.2, 0.25) is 0 Å². The van der Waals surface area contributed by atoms with Crippen molar-refractivity contribution in [2.45, 2.75) is 26.9 Å². The Morgan fingerprint density at radius 3 is 1.31 bits per heavy atom. The van der Waals surface area contributed by atoms with E-state index < -0.39 is 11.4 Å². The van der Waals surface area contributed by atoms with Gasteiger partial charge in [-0.05, 0) is 61.4 Å². The van der Waals surface area contributed by atoms with E-state index in [4.69, 9.17) is 11.6 Å². The first kappa shape index (κ1) is 42.4. The van der Waals surface area contributed by atoms with Crippen LogP contribution in [0.25, 0.3) is 22.5 Å². The minimum absolute atomic E-state index is 0.0721. The average molecular weight is 843 g/mol. The third-order valence-corrected chi connectivity index (χ3v) is 9.88. The number of halogens is 2. The Labute approximate surface area is 361 Å². The van der Waals surface area contributed by atoms with Crippen molar-refractivity contribution < 1.29 is 14.0 Å². The van der Waals surface area contributed by atoms with Gasteiger partial charge in [-0.15, -0.1) is 0 Å². The summed E-state index contributed by atoms with van der Waals surface area (Å²) in [6.07, 6.45) is 0. The largest absolute Gasteiger partial charge is 0.350 e. The molecule has 0 radical (unpaired) electrons. The summed E-state index contributed by atoms with van der Waals surface area (Å²) >= 11 is 6.12. The van der Waals surface area contributed by atoms with Gasteiger partial charge in [0.05, 0.1) is 24.2 Å². The fourth-order valence-electron chi connectivity index (χ4n) is 6.80. The van der Waals surface area contributed by atoms with Crippen molar-refractivity contribution in [3.8, 4) is 22.5 Å². The van der Waals surface area contributed by atoms with Crippen LogP contribution >= 0.6 is 11.6 Å². The molecule has 0 unspecified atom stereocenters. The first-order valence-electron chi connectivity index (χ1n) is 19.6. The van der Waals surface area contributed by atoms with Crippen LogP contribution in [0.2, 0.25) is 5.02 Å². The molecule has 2 N–H and O–H groups in total. The third-order valence-electron chi connectivity index (χ3n) is 9.65. The maximum atomic E-state index is 13.7. The molecule has 8 rings (SSSR count). The lowest BCUT2D eigenvalue weighted by atomic mass is 10.0. The monoisotopic (exact) mass is 842 g/mol. The number of carbonyl (C=O) groups excluding carboxylic acids is 2. The van der Waals surface area contributed by atoms with E-state index in [9.17, 15) is 23.6 Å². The Kier molecular flexibility index (Phi) is 13.3. The summed E-state index contributed by atoms with van der Waals surface area (Å²) in [4.78, 5) is 52.1. The SMILES string of the molecule is CC(=O)c1c(-c2ccccc2)nn(Cc2ccccc2)c(=O)c1Nc1cccc(Cl)c1.CC(=O)c1c(-c2ccccc2)nn(Cc2ccccc2)c(=O)c1Nc1cccc(F)c1. The standard InChI is InChI=1S/C25H20ClN3O2.C25H20FN3O2/c2*1-17(30)22-23(19-11-6-3-7-12-19)28-29(16-18-9-4-2-5-10-18)25(31)24(22)27-21-14-8-13-20(26)15-21/h2*2-15,27H,16H2,1H3. The van der Waals surface area contributed by atoms with Crippen molar-refractivity contribution in [1.82, 2.24) is 19.6 Å². The summed E-state index contributed by atoms with van der Waals surface area (Å²) in [5, 5.41) is 15.8. The molecule has 0 fully saturated rings. The maximum Gasteiger partial charge on any atom is 0.291 e. The van der Waals surface area contributed by atoms with E-state index in [2.05, 4.69) is 20.8 Å². The van der Waals surface area contributed by atoms with Crippen molar-refractivity contribution in [1.29, 1.82) is 0 Å². The molecule has 12 heteroatoms. The topological polar surface area (TPSA) is 128 Å². The lowest BCUT2D eigenvalue weighted by Gasteiger charge is -2.17. The van der Waals surface area contributed by atoms with Crippen molar-refractivity contribution in [2.75, 3.05) is 10.6 Å². The molecule has 6 aromatic carbocycles. The highest BCUT2D eigenvalue weighted by Crippen LogP contribution is 2.30. The number of rotatable bonds is 12. The first-order chi connectivity index (χ1) is 30.0. The molecule has 8 aromatic rings. The quantitative estimate of drug-likeness (QED) is 0.116. The number of ketones is 2. The van der Waals surface area contributed by atoms with Crippen molar-refractivity contribution in [3.05, 3.63) is 224 Å². The Morgan fingerprint density at radius 2 is 0.919 bits per heavy atom. The number of hydrogen-bond acceptors (Lipinski definition) is 8. The molecule has 62 heavy (non-hydrogen) atoms. The Hall–Kier alpha value is -7.76. The molecule has 2 heterocycles. The fourth-order valence-corrected chi connectivity index (χ4v) is 6.99. The summed E-state index contributed by atoms with van der Waals surface area (Å²) in [5.74, 6) is -1.01. The van der Waals surface area contributed by atoms with Gasteiger partial charge in [0, 0.05) is 27.5 Å². The number of anilines is 4. The highest BCUT2D eigenvalue weighted by atomic mass is 35.5. The molecule has 0 saturated carbocycles. The van der Waals surface area contributed by atoms with Crippen LogP contribution in [0, 0.1) is 5.82 Å². The van der Waals surface area contributed by atoms with Crippen LogP contribution in [-0.4, -0.2) is 31.1 Å². The Morgan fingerprint density at radius 1 is 0.532 bits per heavy atom. The fraction of sp³-hybridized carbons (Fsp3) is 0.0800. The van der Waals surface area contributed by atoms with Crippen LogP contribution in [0.15, 0.2) is 179 Å². The van der Waals surface area contributed by atoms with E-state index in [1.807, 2.05) is 121 Å². The predicted molar refractivity (Wildman–Crippen MR) is 243 cm³/mol. The Bertz CT molecular complexity index is 2780. The number of aromatic nitrogens is 4. The zero-order chi connectivity index (χ0) is 43.6. The molecule has 308 valence electrons. The molecule has 0 aliphatic rings. The number of hydrogen-bond donors (Lipinski definition) is 2. The van der Waals surface area contributed by atoms with Gasteiger partial charge in [0.1, 0.15) is 28.6 Å². The second kappa shape index (κ2) is 19.5. The maximum absolute atomic E-state index is 13.7. The zero-order valence-corrected chi connectivity index (χ0v) is 34.5. The van der Waals surface area contributed by atoms with Crippen LogP contribution in [0.5, 0.6) is 0 Å². The van der Waals surface area contributed by atoms with Gasteiger partial charge in [0.15, 0.2) is 11.6 Å². The molecule has 0 atom stereocenters. The summed E-state index contributed by atoms with van der Waals surface area (Å²) in [5.41, 5.74) is 4.94.